The third-order valence-corrected chi connectivity index (χ3v) is 3.23. The van der Waals surface area contributed by atoms with Crippen molar-refractivity contribution in [3.8, 4) is 5.75 Å². The van der Waals surface area contributed by atoms with Gasteiger partial charge in [0.25, 0.3) is 5.91 Å². The zero-order valence-electron chi connectivity index (χ0n) is 9.86. The first-order valence-electron chi connectivity index (χ1n) is 5.71. The van der Waals surface area contributed by atoms with Crippen LogP contribution in [0.2, 0.25) is 0 Å². The molecule has 0 saturated carbocycles. The number of hydrogen-bond acceptors (Lipinski definition) is 3. The minimum atomic E-state index is -0.660. The molecule has 1 aromatic rings. The molecule has 0 fully saturated rings. The largest absolute Gasteiger partial charge is 0.492 e. The summed E-state index contributed by atoms with van der Waals surface area (Å²) in [4.78, 5) is 16.2. The van der Waals surface area contributed by atoms with E-state index in [9.17, 15) is 4.79 Å². The van der Waals surface area contributed by atoms with Crippen LogP contribution in [0.4, 0.5) is 0 Å². The topological polar surface area (TPSA) is 50.7 Å². The molecule has 0 spiro atoms. The van der Waals surface area contributed by atoms with Crippen LogP contribution < -0.4 is 10.1 Å². The van der Waals surface area contributed by atoms with Crippen molar-refractivity contribution in [2.45, 2.75) is 25.3 Å². The Hall–Kier alpha value is -1.84. The molecular formula is C13H14N2O2. The number of aliphatic imine (C=N–C) groups is 1. The van der Waals surface area contributed by atoms with Gasteiger partial charge in [0, 0.05) is 5.56 Å². The lowest BCUT2D eigenvalue weighted by Gasteiger charge is -2.07. The lowest BCUT2D eigenvalue weighted by atomic mass is 10.0. The molecule has 0 aromatic heterocycles. The van der Waals surface area contributed by atoms with Crippen molar-refractivity contribution >= 4 is 11.7 Å². The Morgan fingerprint density at radius 2 is 2.18 bits per heavy atom. The maximum atomic E-state index is 11.7. The maximum absolute atomic E-state index is 11.7. The number of carbonyl (C=O) groups excluding carboxylic acids is 1. The Balaban J connectivity index is 1.97. The molecule has 1 aromatic carbocycles. The highest BCUT2D eigenvalue weighted by Crippen LogP contribution is 2.35. The second kappa shape index (κ2) is 3.32. The van der Waals surface area contributed by atoms with Crippen LogP contribution in [0.3, 0.4) is 0 Å². The Labute approximate surface area is 99.7 Å². The first-order chi connectivity index (χ1) is 8.08. The lowest BCUT2D eigenvalue weighted by Crippen LogP contribution is -2.36. The summed E-state index contributed by atoms with van der Waals surface area (Å²) in [6, 6.07) is 7.88. The molecule has 1 amide bonds. The number of fused-ring (bicyclic) bond motifs is 1. The van der Waals surface area contributed by atoms with Gasteiger partial charge in [0.15, 0.2) is 0 Å². The number of para-hydroxylation sites is 1. The normalized spacial score (nSPS) is 24.9. The minimum Gasteiger partial charge on any atom is -0.492 e. The Bertz CT molecular complexity index is 520. The minimum absolute atomic E-state index is 0.0446. The SMILES string of the molecule is CC1(C)N=C(C2COc3ccccc32)NC1=O. The molecule has 88 valence electrons. The van der Waals surface area contributed by atoms with E-state index in [1.54, 1.807) is 0 Å². The molecule has 1 atom stereocenters. The standard InChI is InChI=1S/C13H14N2O2/c1-13(2)12(16)14-11(15-13)9-7-17-10-6-4-3-5-8(9)10/h3-6,9H,7H2,1-2H3,(H,14,15,16). The van der Waals surface area contributed by atoms with E-state index in [0.29, 0.717) is 6.61 Å². The summed E-state index contributed by atoms with van der Waals surface area (Å²) in [6.07, 6.45) is 0. The number of amidine groups is 1. The van der Waals surface area contributed by atoms with Crippen LogP contribution in [0.5, 0.6) is 5.75 Å². The van der Waals surface area contributed by atoms with Gasteiger partial charge in [-0.15, -0.1) is 0 Å². The van der Waals surface area contributed by atoms with Gasteiger partial charge < -0.3 is 10.1 Å². The third-order valence-electron chi connectivity index (χ3n) is 3.23. The summed E-state index contributed by atoms with van der Waals surface area (Å²) in [7, 11) is 0. The average Bonchev–Trinajstić information content (AvgIpc) is 2.81. The van der Waals surface area contributed by atoms with Crippen molar-refractivity contribution < 1.29 is 9.53 Å². The molecule has 0 aliphatic carbocycles. The van der Waals surface area contributed by atoms with Crippen LogP contribution in [-0.4, -0.2) is 23.9 Å². The second-order valence-electron chi connectivity index (χ2n) is 4.91. The summed E-state index contributed by atoms with van der Waals surface area (Å²) in [6.45, 7) is 4.18. The van der Waals surface area contributed by atoms with Crippen molar-refractivity contribution in [1.29, 1.82) is 0 Å². The van der Waals surface area contributed by atoms with Crippen molar-refractivity contribution in [1.82, 2.24) is 5.32 Å². The van der Waals surface area contributed by atoms with Crippen LogP contribution in [0.15, 0.2) is 29.3 Å². The smallest absolute Gasteiger partial charge is 0.252 e. The molecule has 0 radical (unpaired) electrons. The van der Waals surface area contributed by atoms with Gasteiger partial charge in [-0.1, -0.05) is 18.2 Å². The van der Waals surface area contributed by atoms with E-state index in [-0.39, 0.29) is 11.8 Å². The number of carbonyl (C=O) groups is 1. The van der Waals surface area contributed by atoms with Gasteiger partial charge in [-0.05, 0) is 19.9 Å². The van der Waals surface area contributed by atoms with Crippen molar-refractivity contribution in [2.75, 3.05) is 6.61 Å². The van der Waals surface area contributed by atoms with E-state index in [1.807, 2.05) is 38.1 Å². The molecule has 4 nitrogen and oxygen atoms in total. The summed E-state index contributed by atoms with van der Waals surface area (Å²) in [5.74, 6) is 1.62. The van der Waals surface area contributed by atoms with E-state index in [0.717, 1.165) is 17.1 Å². The summed E-state index contributed by atoms with van der Waals surface area (Å²) in [5, 5.41) is 2.86. The Morgan fingerprint density at radius 3 is 2.88 bits per heavy atom. The zero-order valence-corrected chi connectivity index (χ0v) is 9.86. The van der Waals surface area contributed by atoms with Crippen LogP contribution >= 0.6 is 0 Å². The van der Waals surface area contributed by atoms with Gasteiger partial charge in [0.05, 0.1) is 5.92 Å². The fourth-order valence-electron chi connectivity index (χ4n) is 2.20. The van der Waals surface area contributed by atoms with Gasteiger partial charge in [0.2, 0.25) is 0 Å². The molecule has 0 bridgehead atoms. The van der Waals surface area contributed by atoms with Gasteiger partial charge in [-0.25, -0.2) is 0 Å². The highest BCUT2D eigenvalue weighted by Gasteiger charge is 2.39. The van der Waals surface area contributed by atoms with Gasteiger partial charge in [-0.3, -0.25) is 9.79 Å². The van der Waals surface area contributed by atoms with Gasteiger partial charge >= 0.3 is 0 Å². The molecule has 3 rings (SSSR count). The van der Waals surface area contributed by atoms with Crippen LogP contribution in [-0.2, 0) is 4.79 Å². The molecule has 17 heavy (non-hydrogen) atoms. The predicted molar refractivity (Wildman–Crippen MR) is 64.3 cm³/mol. The van der Waals surface area contributed by atoms with E-state index >= 15 is 0 Å². The summed E-state index contributed by atoms with van der Waals surface area (Å²) in [5.41, 5.74) is 0.441. The molecule has 4 heteroatoms. The molecular weight excluding hydrogens is 216 g/mol. The van der Waals surface area contributed by atoms with Crippen molar-refractivity contribution in [3.63, 3.8) is 0 Å². The van der Waals surface area contributed by atoms with Crippen LogP contribution in [0, 0.1) is 0 Å². The number of nitrogens with zero attached hydrogens (tertiary/aromatic N) is 1. The number of rotatable bonds is 1. The predicted octanol–water partition coefficient (Wildman–Crippen LogP) is 1.47. The van der Waals surface area contributed by atoms with Gasteiger partial charge in [-0.2, -0.15) is 0 Å². The molecule has 2 aliphatic rings. The van der Waals surface area contributed by atoms with E-state index in [4.69, 9.17) is 4.74 Å². The molecule has 2 aliphatic heterocycles. The fourth-order valence-corrected chi connectivity index (χ4v) is 2.20. The first kappa shape index (κ1) is 10.3. The molecule has 1 N–H and O–H groups in total. The number of hydrogen-bond donors (Lipinski definition) is 1. The van der Waals surface area contributed by atoms with E-state index in [2.05, 4.69) is 10.3 Å². The number of amides is 1. The Morgan fingerprint density at radius 1 is 1.41 bits per heavy atom. The number of nitrogens with one attached hydrogen (secondary N) is 1. The average molecular weight is 230 g/mol. The lowest BCUT2D eigenvalue weighted by molar-refractivity contribution is -0.122. The number of ether oxygens (including phenoxy) is 1. The number of benzene rings is 1. The highest BCUT2D eigenvalue weighted by atomic mass is 16.5. The quantitative estimate of drug-likeness (QED) is 0.794. The Kier molecular flexibility index (Phi) is 2.02. The fraction of sp³-hybridized carbons (Fsp3) is 0.385. The van der Waals surface area contributed by atoms with Crippen LogP contribution in [0.25, 0.3) is 0 Å². The summed E-state index contributed by atoms with van der Waals surface area (Å²) < 4.78 is 5.59. The molecule has 2 heterocycles. The zero-order chi connectivity index (χ0) is 12.0. The molecule has 0 saturated heterocycles. The monoisotopic (exact) mass is 230 g/mol. The first-order valence-corrected chi connectivity index (χ1v) is 5.71. The maximum Gasteiger partial charge on any atom is 0.252 e. The van der Waals surface area contributed by atoms with Crippen LogP contribution in [0.1, 0.15) is 25.3 Å². The molecule has 1 unspecified atom stereocenters. The van der Waals surface area contributed by atoms with Crippen molar-refractivity contribution in [3.05, 3.63) is 29.8 Å². The van der Waals surface area contributed by atoms with E-state index in [1.165, 1.54) is 0 Å². The van der Waals surface area contributed by atoms with Crippen molar-refractivity contribution in [2.24, 2.45) is 4.99 Å². The third kappa shape index (κ3) is 1.52. The highest BCUT2D eigenvalue weighted by molar-refractivity contribution is 6.10. The van der Waals surface area contributed by atoms with Gasteiger partial charge in [0.1, 0.15) is 23.7 Å². The second-order valence-corrected chi connectivity index (χ2v) is 4.91. The van der Waals surface area contributed by atoms with E-state index < -0.39 is 5.54 Å². The summed E-state index contributed by atoms with van der Waals surface area (Å²) >= 11 is 0.